The summed E-state index contributed by atoms with van der Waals surface area (Å²) in [6.07, 6.45) is 5.70. The van der Waals surface area contributed by atoms with Crippen molar-refractivity contribution in [2.24, 2.45) is 0 Å². The van der Waals surface area contributed by atoms with Crippen molar-refractivity contribution in [3.05, 3.63) is 53.9 Å². The van der Waals surface area contributed by atoms with E-state index in [9.17, 15) is 13.2 Å². The summed E-state index contributed by atoms with van der Waals surface area (Å²) in [4.78, 5) is 17.4. The minimum absolute atomic E-state index is 0.194. The third kappa shape index (κ3) is 3.60. The molecule has 3 aromatic rings. The van der Waals surface area contributed by atoms with Crippen molar-refractivity contribution in [1.29, 1.82) is 0 Å². The van der Waals surface area contributed by atoms with E-state index in [1.165, 1.54) is 37.1 Å². The first-order valence-corrected chi connectivity index (χ1v) is 10.9. The maximum atomic E-state index is 12.5. The molecule has 1 N–H and O–H groups in total. The maximum Gasteiger partial charge on any atom is 0.255 e. The number of imidazole rings is 1. The van der Waals surface area contributed by atoms with Gasteiger partial charge in [0.2, 0.25) is 0 Å². The van der Waals surface area contributed by atoms with Crippen LogP contribution < -0.4 is 5.32 Å². The molecule has 27 heavy (non-hydrogen) atoms. The minimum Gasteiger partial charge on any atom is -0.328 e. The largest absolute Gasteiger partial charge is 0.328 e. The highest BCUT2D eigenvalue weighted by molar-refractivity contribution is 7.90. The molecule has 0 saturated heterocycles. The standard InChI is InChI=1S/C20H21N3O3S/c1-27(25,26)16-9-6-14(7-10-16)20(24)21-15-8-11-18-17(13-15)22-19-5-3-2-4-12-23(18)19/h6-11,13H,2-5,12H2,1H3,(H,21,24). The number of fused-ring (bicyclic) bond motifs is 3. The molecule has 0 radical (unpaired) electrons. The van der Waals surface area contributed by atoms with Crippen LogP contribution in [0.1, 0.15) is 35.4 Å². The molecule has 1 aliphatic rings. The van der Waals surface area contributed by atoms with Gasteiger partial charge in [-0.3, -0.25) is 4.79 Å². The zero-order chi connectivity index (χ0) is 19.0. The quantitative estimate of drug-likeness (QED) is 0.751. The fourth-order valence-corrected chi connectivity index (χ4v) is 4.11. The van der Waals surface area contributed by atoms with Crippen molar-refractivity contribution >= 4 is 32.5 Å². The molecule has 0 atom stereocenters. The fraction of sp³-hybridized carbons (Fsp3) is 0.300. The van der Waals surface area contributed by atoms with E-state index in [0.717, 1.165) is 42.5 Å². The molecule has 0 unspecified atom stereocenters. The van der Waals surface area contributed by atoms with Crippen LogP contribution in [-0.4, -0.2) is 30.1 Å². The molecule has 140 valence electrons. The number of amides is 1. The van der Waals surface area contributed by atoms with Crippen LogP contribution in [0.5, 0.6) is 0 Å². The Hall–Kier alpha value is -2.67. The summed E-state index contributed by atoms with van der Waals surface area (Å²) in [5.74, 6) is 0.831. The number of anilines is 1. The SMILES string of the molecule is CS(=O)(=O)c1ccc(C(=O)Nc2ccc3c(c2)nc2n3CCCCC2)cc1. The van der Waals surface area contributed by atoms with Gasteiger partial charge in [-0.05, 0) is 55.3 Å². The first-order valence-electron chi connectivity index (χ1n) is 9.02. The number of hydrogen-bond donors (Lipinski definition) is 1. The second-order valence-electron chi connectivity index (χ2n) is 6.94. The number of nitrogens with zero attached hydrogens (tertiary/aromatic N) is 2. The monoisotopic (exact) mass is 383 g/mol. The number of sulfone groups is 1. The molecule has 7 heteroatoms. The fourth-order valence-electron chi connectivity index (χ4n) is 3.48. The number of hydrogen-bond acceptors (Lipinski definition) is 4. The lowest BCUT2D eigenvalue weighted by Gasteiger charge is -2.07. The molecule has 6 nitrogen and oxygen atoms in total. The normalized spacial score (nSPS) is 14.6. The molecular weight excluding hydrogens is 362 g/mol. The number of benzene rings is 2. The zero-order valence-corrected chi connectivity index (χ0v) is 15.9. The van der Waals surface area contributed by atoms with E-state index in [1.807, 2.05) is 18.2 Å². The van der Waals surface area contributed by atoms with Gasteiger partial charge < -0.3 is 9.88 Å². The second-order valence-corrected chi connectivity index (χ2v) is 8.96. The molecule has 0 bridgehead atoms. The molecule has 0 fully saturated rings. The van der Waals surface area contributed by atoms with Crippen LogP contribution in [0.3, 0.4) is 0 Å². The highest BCUT2D eigenvalue weighted by Crippen LogP contribution is 2.24. The average Bonchev–Trinajstić information content (AvgIpc) is 2.81. The Balaban J connectivity index is 1.57. The van der Waals surface area contributed by atoms with Gasteiger partial charge in [0.15, 0.2) is 9.84 Å². The number of nitrogens with one attached hydrogen (secondary N) is 1. The molecular formula is C20H21N3O3S. The first kappa shape index (κ1) is 17.7. The number of aryl methyl sites for hydroxylation is 2. The zero-order valence-electron chi connectivity index (χ0n) is 15.1. The van der Waals surface area contributed by atoms with Crippen molar-refractivity contribution in [3.8, 4) is 0 Å². The molecule has 2 heterocycles. The van der Waals surface area contributed by atoms with E-state index >= 15 is 0 Å². The Morgan fingerprint density at radius 3 is 2.59 bits per heavy atom. The van der Waals surface area contributed by atoms with Crippen molar-refractivity contribution in [1.82, 2.24) is 9.55 Å². The van der Waals surface area contributed by atoms with E-state index in [1.54, 1.807) is 0 Å². The molecule has 4 rings (SSSR count). The van der Waals surface area contributed by atoms with Crippen LogP contribution in [0.4, 0.5) is 5.69 Å². The number of rotatable bonds is 3. The van der Waals surface area contributed by atoms with Crippen LogP contribution in [-0.2, 0) is 22.8 Å². The lowest BCUT2D eigenvalue weighted by molar-refractivity contribution is 0.102. The average molecular weight is 383 g/mol. The highest BCUT2D eigenvalue weighted by Gasteiger charge is 2.15. The van der Waals surface area contributed by atoms with Crippen molar-refractivity contribution in [2.75, 3.05) is 11.6 Å². The van der Waals surface area contributed by atoms with Gasteiger partial charge in [-0.15, -0.1) is 0 Å². The van der Waals surface area contributed by atoms with Crippen LogP contribution in [0, 0.1) is 0 Å². The van der Waals surface area contributed by atoms with Gasteiger partial charge in [0.1, 0.15) is 5.82 Å². The maximum absolute atomic E-state index is 12.5. The molecule has 0 spiro atoms. The molecule has 1 aromatic heterocycles. The second kappa shape index (κ2) is 6.81. The van der Waals surface area contributed by atoms with Crippen LogP contribution in [0.2, 0.25) is 0 Å². The van der Waals surface area contributed by atoms with E-state index < -0.39 is 9.84 Å². The molecule has 0 aliphatic carbocycles. The Bertz CT molecular complexity index is 1120. The van der Waals surface area contributed by atoms with E-state index in [4.69, 9.17) is 4.98 Å². The van der Waals surface area contributed by atoms with E-state index in [2.05, 4.69) is 9.88 Å². The van der Waals surface area contributed by atoms with Gasteiger partial charge in [-0.2, -0.15) is 0 Å². The molecule has 0 saturated carbocycles. The van der Waals surface area contributed by atoms with Crippen LogP contribution in [0.25, 0.3) is 11.0 Å². The topological polar surface area (TPSA) is 81.1 Å². The van der Waals surface area contributed by atoms with Gasteiger partial charge in [0, 0.05) is 30.5 Å². The van der Waals surface area contributed by atoms with Gasteiger partial charge in [0.25, 0.3) is 5.91 Å². The summed E-state index contributed by atoms with van der Waals surface area (Å²) < 4.78 is 25.3. The Kier molecular flexibility index (Phi) is 4.47. The summed E-state index contributed by atoms with van der Waals surface area (Å²) in [6.45, 7) is 0.990. The predicted molar refractivity (Wildman–Crippen MR) is 105 cm³/mol. The number of aromatic nitrogens is 2. The molecule has 1 amide bonds. The summed E-state index contributed by atoms with van der Waals surface area (Å²) >= 11 is 0. The third-order valence-corrected chi connectivity index (χ3v) is 6.04. The van der Waals surface area contributed by atoms with Crippen molar-refractivity contribution in [2.45, 2.75) is 37.1 Å². The number of carbonyl (C=O) groups excluding carboxylic acids is 1. The van der Waals surface area contributed by atoms with Crippen molar-refractivity contribution < 1.29 is 13.2 Å². The third-order valence-electron chi connectivity index (χ3n) is 4.91. The number of carbonyl (C=O) groups is 1. The van der Waals surface area contributed by atoms with Gasteiger partial charge in [0.05, 0.1) is 15.9 Å². The van der Waals surface area contributed by atoms with Gasteiger partial charge >= 0.3 is 0 Å². The first-order chi connectivity index (χ1) is 12.9. The summed E-state index contributed by atoms with van der Waals surface area (Å²) in [5, 5.41) is 2.86. The summed E-state index contributed by atoms with van der Waals surface area (Å²) in [7, 11) is -3.28. The Labute approximate surface area is 158 Å². The van der Waals surface area contributed by atoms with Gasteiger partial charge in [-0.25, -0.2) is 13.4 Å². The summed E-state index contributed by atoms with van der Waals surface area (Å²) in [6, 6.07) is 11.7. The lowest BCUT2D eigenvalue weighted by atomic mass is 10.2. The minimum atomic E-state index is -3.28. The van der Waals surface area contributed by atoms with E-state index in [0.29, 0.717) is 11.3 Å². The highest BCUT2D eigenvalue weighted by atomic mass is 32.2. The predicted octanol–water partition coefficient (Wildman–Crippen LogP) is 3.42. The van der Waals surface area contributed by atoms with Gasteiger partial charge in [-0.1, -0.05) is 6.42 Å². The van der Waals surface area contributed by atoms with E-state index in [-0.39, 0.29) is 10.8 Å². The molecule has 2 aromatic carbocycles. The van der Waals surface area contributed by atoms with Crippen molar-refractivity contribution in [3.63, 3.8) is 0 Å². The molecule has 1 aliphatic heterocycles. The van der Waals surface area contributed by atoms with Crippen LogP contribution >= 0.6 is 0 Å². The Morgan fingerprint density at radius 1 is 1.07 bits per heavy atom. The summed E-state index contributed by atoms with van der Waals surface area (Å²) in [5.41, 5.74) is 3.07. The smallest absolute Gasteiger partial charge is 0.255 e. The lowest BCUT2D eigenvalue weighted by Crippen LogP contribution is -2.12. The van der Waals surface area contributed by atoms with Crippen LogP contribution in [0.15, 0.2) is 47.4 Å². The Morgan fingerprint density at radius 2 is 1.85 bits per heavy atom.